The Balaban J connectivity index is 1.79. The van der Waals surface area contributed by atoms with E-state index in [4.69, 9.17) is 0 Å². The molecule has 1 aliphatic rings. The van der Waals surface area contributed by atoms with Gasteiger partial charge in [0.2, 0.25) is 5.91 Å². The fraction of sp³-hybridized carbons (Fsp3) is 0.409. The summed E-state index contributed by atoms with van der Waals surface area (Å²) in [5, 5.41) is 0. The number of benzene rings is 2. The molecule has 132 valence electrons. The van der Waals surface area contributed by atoms with Crippen LogP contribution in [0.3, 0.4) is 0 Å². The second-order valence-corrected chi connectivity index (χ2v) is 6.87. The summed E-state index contributed by atoms with van der Waals surface area (Å²) < 4.78 is 0. The molecule has 25 heavy (non-hydrogen) atoms. The summed E-state index contributed by atoms with van der Waals surface area (Å²) >= 11 is 0. The van der Waals surface area contributed by atoms with Gasteiger partial charge < -0.3 is 4.90 Å². The zero-order chi connectivity index (χ0) is 17.6. The van der Waals surface area contributed by atoms with E-state index < -0.39 is 0 Å². The van der Waals surface area contributed by atoms with E-state index in [2.05, 4.69) is 43.0 Å². The number of rotatable bonds is 5. The van der Waals surface area contributed by atoms with Crippen LogP contribution >= 0.6 is 0 Å². The third kappa shape index (κ3) is 4.10. The Kier molecular flexibility index (Phi) is 5.87. The average Bonchev–Trinajstić information content (AvgIpc) is 2.69. The van der Waals surface area contributed by atoms with E-state index in [0.717, 1.165) is 43.7 Å². The molecule has 0 bridgehead atoms. The fourth-order valence-electron chi connectivity index (χ4n) is 3.59. The van der Waals surface area contributed by atoms with Crippen LogP contribution in [0, 0.1) is 0 Å². The van der Waals surface area contributed by atoms with Gasteiger partial charge in [0.15, 0.2) is 0 Å². The van der Waals surface area contributed by atoms with Crippen LogP contribution < -0.4 is 0 Å². The highest BCUT2D eigenvalue weighted by molar-refractivity contribution is 5.87. The van der Waals surface area contributed by atoms with E-state index in [-0.39, 0.29) is 11.8 Å². The highest BCUT2D eigenvalue weighted by Crippen LogP contribution is 2.27. The molecule has 0 aromatic heterocycles. The number of hydrogen-bond donors (Lipinski definition) is 0. The fourth-order valence-corrected chi connectivity index (χ4v) is 3.59. The molecule has 1 fully saturated rings. The maximum Gasteiger partial charge on any atom is 0.234 e. The first kappa shape index (κ1) is 17.7. The molecule has 0 saturated carbocycles. The smallest absolute Gasteiger partial charge is 0.234 e. The summed E-state index contributed by atoms with van der Waals surface area (Å²) in [6, 6.07) is 20.9. The van der Waals surface area contributed by atoms with Crippen LogP contribution in [0.5, 0.6) is 0 Å². The number of carbonyl (C=O) groups excluding carboxylic acids is 1. The zero-order valence-corrected chi connectivity index (χ0v) is 15.3. The van der Waals surface area contributed by atoms with Crippen LogP contribution in [0.1, 0.15) is 37.3 Å². The van der Waals surface area contributed by atoms with Crippen molar-refractivity contribution in [1.29, 1.82) is 0 Å². The van der Waals surface area contributed by atoms with Gasteiger partial charge in [0, 0.05) is 32.2 Å². The maximum absolute atomic E-state index is 13.4. The Bertz CT molecular complexity index is 623. The molecule has 3 nitrogen and oxygen atoms in total. The molecule has 1 atom stereocenters. The molecule has 0 aliphatic carbocycles. The minimum atomic E-state index is -0.211. The van der Waals surface area contributed by atoms with Gasteiger partial charge in [-0.15, -0.1) is 0 Å². The monoisotopic (exact) mass is 336 g/mol. The summed E-state index contributed by atoms with van der Waals surface area (Å²) in [6.07, 6.45) is 1.16. The van der Waals surface area contributed by atoms with Crippen molar-refractivity contribution in [3.05, 3.63) is 71.8 Å². The van der Waals surface area contributed by atoms with Crippen LogP contribution in [-0.4, -0.2) is 47.9 Å². The Labute approximate surface area is 151 Å². The predicted molar refractivity (Wildman–Crippen MR) is 103 cm³/mol. The molecule has 1 saturated heterocycles. The highest BCUT2D eigenvalue weighted by Gasteiger charge is 2.30. The van der Waals surface area contributed by atoms with Crippen LogP contribution in [0.4, 0.5) is 0 Å². The van der Waals surface area contributed by atoms with Gasteiger partial charge in [0.1, 0.15) is 0 Å². The van der Waals surface area contributed by atoms with Crippen molar-refractivity contribution in [2.45, 2.75) is 32.2 Å². The van der Waals surface area contributed by atoms with Gasteiger partial charge in [0.05, 0.1) is 5.92 Å². The van der Waals surface area contributed by atoms with Crippen molar-refractivity contribution < 1.29 is 4.79 Å². The SMILES string of the molecule is CC[C@@H](C)N1CCN(C(=O)C(c2ccccc2)c2ccccc2)CC1. The van der Waals surface area contributed by atoms with E-state index in [0.29, 0.717) is 6.04 Å². The zero-order valence-electron chi connectivity index (χ0n) is 15.3. The molecule has 3 rings (SSSR count). The number of carbonyl (C=O) groups is 1. The van der Waals surface area contributed by atoms with Gasteiger partial charge in [-0.1, -0.05) is 67.6 Å². The third-order valence-electron chi connectivity index (χ3n) is 5.35. The van der Waals surface area contributed by atoms with Crippen molar-refractivity contribution >= 4 is 5.91 Å². The van der Waals surface area contributed by atoms with Crippen LogP contribution in [0.25, 0.3) is 0 Å². The third-order valence-corrected chi connectivity index (χ3v) is 5.35. The van der Waals surface area contributed by atoms with Gasteiger partial charge in [-0.2, -0.15) is 0 Å². The molecule has 1 aliphatic heterocycles. The van der Waals surface area contributed by atoms with Gasteiger partial charge in [-0.3, -0.25) is 9.69 Å². The molecule has 0 radical (unpaired) electrons. The Hall–Kier alpha value is -2.13. The van der Waals surface area contributed by atoms with E-state index in [1.54, 1.807) is 0 Å². The van der Waals surface area contributed by atoms with Crippen LogP contribution in [0.15, 0.2) is 60.7 Å². The summed E-state index contributed by atoms with van der Waals surface area (Å²) in [4.78, 5) is 17.9. The largest absolute Gasteiger partial charge is 0.339 e. The topological polar surface area (TPSA) is 23.6 Å². The molecule has 2 aromatic rings. The predicted octanol–water partition coefficient (Wildman–Crippen LogP) is 3.76. The molecular formula is C22H28N2O. The van der Waals surface area contributed by atoms with Gasteiger partial charge in [-0.25, -0.2) is 0 Å². The Morgan fingerprint density at radius 3 is 1.80 bits per heavy atom. The lowest BCUT2D eigenvalue weighted by atomic mass is 9.90. The minimum Gasteiger partial charge on any atom is -0.339 e. The van der Waals surface area contributed by atoms with Crippen molar-refractivity contribution in [3.8, 4) is 0 Å². The van der Waals surface area contributed by atoms with Crippen molar-refractivity contribution in [2.24, 2.45) is 0 Å². The first-order chi connectivity index (χ1) is 12.2. The first-order valence-electron chi connectivity index (χ1n) is 9.33. The molecule has 0 N–H and O–H groups in total. The number of hydrogen-bond acceptors (Lipinski definition) is 2. The summed E-state index contributed by atoms with van der Waals surface area (Å²) in [5.41, 5.74) is 2.14. The summed E-state index contributed by atoms with van der Waals surface area (Å²) in [6.45, 7) is 8.07. The minimum absolute atomic E-state index is 0.211. The first-order valence-corrected chi connectivity index (χ1v) is 9.33. The Morgan fingerprint density at radius 2 is 1.36 bits per heavy atom. The highest BCUT2D eigenvalue weighted by atomic mass is 16.2. The second-order valence-electron chi connectivity index (χ2n) is 6.87. The van der Waals surface area contributed by atoms with Gasteiger partial charge in [-0.05, 0) is 24.5 Å². The Morgan fingerprint density at radius 1 is 0.880 bits per heavy atom. The van der Waals surface area contributed by atoms with Crippen molar-refractivity contribution in [3.63, 3.8) is 0 Å². The van der Waals surface area contributed by atoms with Crippen molar-refractivity contribution in [2.75, 3.05) is 26.2 Å². The normalized spacial score (nSPS) is 16.8. The van der Waals surface area contributed by atoms with Crippen LogP contribution in [-0.2, 0) is 4.79 Å². The average molecular weight is 336 g/mol. The quantitative estimate of drug-likeness (QED) is 0.830. The molecule has 0 spiro atoms. The number of amides is 1. The van der Waals surface area contributed by atoms with Crippen LogP contribution in [0.2, 0.25) is 0 Å². The second kappa shape index (κ2) is 8.30. The van der Waals surface area contributed by atoms with Gasteiger partial charge >= 0.3 is 0 Å². The molecule has 1 heterocycles. The molecule has 1 amide bonds. The summed E-state index contributed by atoms with van der Waals surface area (Å²) in [5.74, 6) is 0.0127. The molecule has 0 unspecified atom stereocenters. The maximum atomic E-state index is 13.4. The number of nitrogens with zero attached hydrogens (tertiary/aromatic N) is 2. The van der Waals surface area contributed by atoms with E-state index in [1.165, 1.54) is 0 Å². The van der Waals surface area contributed by atoms with Crippen molar-refractivity contribution in [1.82, 2.24) is 9.80 Å². The lowest BCUT2D eigenvalue weighted by Gasteiger charge is -2.39. The molecule has 2 aromatic carbocycles. The van der Waals surface area contributed by atoms with E-state index >= 15 is 0 Å². The lowest BCUT2D eigenvalue weighted by molar-refractivity contribution is -0.133. The number of piperazine rings is 1. The van der Waals surface area contributed by atoms with Gasteiger partial charge in [0.25, 0.3) is 0 Å². The van der Waals surface area contributed by atoms with E-state index in [9.17, 15) is 4.79 Å². The molecular weight excluding hydrogens is 308 g/mol. The molecule has 3 heteroatoms. The lowest BCUT2D eigenvalue weighted by Crippen LogP contribution is -2.52. The standard InChI is InChI=1S/C22H28N2O/c1-3-18(2)23-14-16-24(17-15-23)22(25)21(19-10-6-4-7-11-19)20-12-8-5-9-13-20/h4-13,18,21H,3,14-17H2,1-2H3/t18-/m1/s1. The van der Waals surface area contributed by atoms with E-state index in [1.807, 2.05) is 41.3 Å². The summed E-state index contributed by atoms with van der Waals surface area (Å²) in [7, 11) is 0.